The van der Waals surface area contributed by atoms with Crippen molar-refractivity contribution in [2.75, 3.05) is 13.7 Å². The van der Waals surface area contributed by atoms with E-state index in [1.165, 1.54) is 0 Å². The van der Waals surface area contributed by atoms with Crippen LogP contribution in [0.2, 0.25) is 0 Å². The molecule has 5 nitrogen and oxygen atoms in total. The highest BCUT2D eigenvalue weighted by molar-refractivity contribution is 5.80. The number of nitrogens with zero attached hydrogens (tertiary/aromatic N) is 1. The Kier molecular flexibility index (Phi) is 4.43. The van der Waals surface area contributed by atoms with Gasteiger partial charge in [0.2, 0.25) is 0 Å². The summed E-state index contributed by atoms with van der Waals surface area (Å²) in [7, 11) is 1.61. The molecule has 0 saturated carbocycles. The molecule has 1 aromatic carbocycles. The summed E-state index contributed by atoms with van der Waals surface area (Å²) >= 11 is 0. The summed E-state index contributed by atoms with van der Waals surface area (Å²) in [4.78, 5) is 0. The molecule has 0 amide bonds. The maximum atomic E-state index is 8.28. The zero-order chi connectivity index (χ0) is 11.1. The molecule has 0 unspecified atom stereocenters. The number of hydrogen-bond acceptors (Lipinski definition) is 4. The smallest absolute Gasteiger partial charge is 0.165 e. The second-order valence-corrected chi connectivity index (χ2v) is 2.94. The van der Waals surface area contributed by atoms with Gasteiger partial charge in [0.1, 0.15) is 12.4 Å². The molecule has 0 saturated heterocycles. The lowest BCUT2D eigenvalue weighted by Gasteiger charge is -2.05. The summed E-state index contributed by atoms with van der Waals surface area (Å²) in [6.45, 7) is 0.501. The maximum absolute atomic E-state index is 8.28. The average Bonchev–Trinajstić information content (AvgIpc) is 2.29. The van der Waals surface area contributed by atoms with Crippen LogP contribution < -0.4 is 10.5 Å². The topological polar surface area (TPSA) is 77.1 Å². The van der Waals surface area contributed by atoms with Crippen LogP contribution in [-0.2, 0) is 11.3 Å². The lowest BCUT2D eigenvalue weighted by molar-refractivity contribution is 0.154. The van der Waals surface area contributed by atoms with Crippen molar-refractivity contribution in [3.05, 3.63) is 29.8 Å². The predicted octanol–water partition coefficient (Wildman–Crippen LogP) is 0.958. The molecule has 0 aliphatic heterocycles. The van der Waals surface area contributed by atoms with E-state index in [0.29, 0.717) is 6.61 Å². The molecule has 0 aliphatic rings. The molecular formula is C10H14N2O3. The molecule has 0 aromatic heterocycles. The van der Waals surface area contributed by atoms with Crippen molar-refractivity contribution in [3.8, 4) is 5.75 Å². The van der Waals surface area contributed by atoms with E-state index in [0.717, 1.165) is 11.3 Å². The Morgan fingerprint density at radius 3 is 3.00 bits per heavy atom. The van der Waals surface area contributed by atoms with E-state index in [-0.39, 0.29) is 12.4 Å². The number of amidine groups is 1. The molecule has 0 fully saturated rings. The zero-order valence-corrected chi connectivity index (χ0v) is 8.51. The van der Waals surface area contributed by atoms with Gasteiger partial charge in [0.15, 0.2) is 5.84 Å². The van der Waals surface area contributed by atoms with Gasteiger partial charge in [-0.2, -0.15) is 0 Å². The van der Waals surface area contributed by atoms with E-state index >= 15 is 0 Å². The van der Waals surface area contributed by atoms with Crippen LogP contribution in [0.15, 0.2) is 29.4 Å². The van der Waals surface area contributed by atoms with Crippen LogP contribution in [0.3, 0.4) is 0 Å². The van der Waals surface area contributed by atoms with Crippen LogP contribution in [0.4, 0.5) is 0 Å². The van der Waals surface area contributed by atoms with Gasteiger partial charge in [-0.3, -0.25) is 0 Å². The standard InChI is InChI=1S/C10H14N2O3/c1-14-9-4-2-3-8(5-9)6-15-7-10(11)12-13/h2-5,13H,6-7H2,1H3,(H2,11,12). The van der Waals surface area contributed by atoms with Gasteiger partial charge in [0, 0.05) is 0 Å². The van der Waals surface area contributed by atoms with Crippen molar-refractivity contribution < 1.29 is 14.7 Å². The normalized spacial score (nSPS) is 11.4. The minimum absolute atomic E-state index is 0.0536. The van der Waals surface area contributed by atoms with Gasteiger partial charge >= 0.3 is 0 Å². The van der Waals surface area contributed by atoms with Crippen molar-refractivity contribution >= 4 is 5.84 Å². The highest BCUT2D eigenvalue weighted by atomic mass is 16.5. The van der Waals surface area contributed by atoms with Crippen LogP contribution in [0.1, 0.15) is 5.56 Å². The van der Waals surface area contributed by atoms with E-state index in [9.17, 15) is 0 Å². The van der Waals surface area contributed by atoms with Crippen LogP contribution in [0.5, 0.6) is 5.75 Å². The molecule has 0 bridgehead atoms. The lowest BCUT2D eigenvalue weighted by atomic mass is 10.2. The first-order chi connectivity index (χ1) is 7.26. The van der Waals surface area contributed by atoms with E-state index in [2.05, 4.69) is 5.16 Å². The van der Waals surface area contributed by atoms with Gasteiger partial charge in [-0.05, 0) is 17.7 Å². The second-order valence-electron chi connectivity index (χ2n) is 2.94. The van der Waals surface area contributed by atoms with Gasteiger partial charge in [-0.25, -0.2) is 0 Å². The van der Waals surface area contributed by atoms with Gasteiger partial charge < -0.3 is 20.4 Å². The molecule has 15 heavy (non-hydrogen) atoms. The molecule has 0 atom stereocenters. The van der Waals surface area contributed by atoms with Gasteiger partial charge in [-0.1, -0.05) is 17.3 Å². The third kappa shape index (κ3) is 3.86. The molecule has 0 radical (unpaired) electrons. The maximum Gasteiger partial charge on any atom is 0.165 e. The molecule has 0 spiro atoms. The molecule has 3 N–H and O–H groups in total. The van der Waals surface area contributed by atoms with Crippen LogP contribution in [0, 0.1) is 0 Å². The fourth-order valence-electron chi connectivity index (χ4n) is 1.06. The van der Waals surface area contributed by atoms with Crippen LogP contribution in [-0.4, -0.2) is 24.8 Å². The SMILES string of the molecule is COc1cccc(COC/C(N)=N\O)c1. The van der Waals surface area contributed by atoms with E-state index < -0.39 is 0 Å². The first-order valence-electron chi connectivity index (χ1n) is 4.43. The first-order valence-corrected chi connectivity index (χ1v) is 4.43. The largest absolute Gasteiger partial charge is 0.497 e. The molecule has 5 heteroatoms. The summed E-state index contributed by atoms with van der Waals surface area (Å²) in [6.07, 6.45) is 0. The summed E-state index contributed by atoms with van der Waals surface area (Å²) in [5.41, 5.74) is 6.22. The minimum atomic E-state index is 0.0536. The Morgan fingerprint density at radius 1 is 1.53 bits per heavy atom. The molecule has 0 heterocycles. The number of rotatable bonds is 5. The van der Waals surface area contributed by atoms with E-state index in [1.807, 2.05) is 24.3 Å². The Bertz CT molecular complexity index is 339. The molecule has 1 rings (SSSR count). The Morgan fingerprint density at radius 2 is 2.33 bits per heavy atom. The number of ether oxygens (including phenoxy) is 2. The lowest BCUT2D eigenvalue weighted by Crippen LogP contribution is -2.18. The second kappa shape index (κ2) is 5.87. The first kappa shape index (κ1) is 11.3. The number of hydrogen-bond donors (Lipinski definition) is 2. The number of nitrogens with two attached hydrogens (primary N) is 1. The monoisotopic (exact) mass is 210 g/mol. The van der Waals surface area contributed by atoms with Crippen LogP contribution >= 0.6 is 0 Å². The summed E-state index contributed by atoms with van der Waals surface area (Å²) in [5, 5.41) is 11.1. The summed E-state index contributed by atoms with van der Waals surface area (Å²) in [5.74, 6) is 0.831. The van der Waals surface area contributed by atoms with Crippen LogP contribution in [0.25, 0.3) is 0 Å². The Balaban J connectivity index is 2.43. The van der Waals surface area contributed by atoms with Crippen molar-refractivity contribution in [2.45, 2.75) is 6.61 Å². The van der Waals surface area contributed by atoms with Gasteiger partial charge in [-0.15, -0.1) is 0 Å². The number of oxime groups is 1. The quantitative estimate of drug-likeness (QED) is 0.328. The molecular weight excluding hydrogens is 196 g/mol. The van der Waals surface area contributed by atoms with Crippen molar-refractivity contribution in [1.29, 1.82) is 0 Å². The zero-order valence-electron chi connectivity index (χ0n) is 8.51. The third-order valence-electron chi connectivity index (χ3n) is 1.78. The van der Waals surface area contributed by atoms with Gasteiger partial charge in [0.25, 0.3) is 0 Å². The number of methoxy groups -OCH3 is 1. The van der Waals surface area contributed by atoms with Crippen molar-refractivity contribution in [3.63, 3.8) is 0 Å². The predicted molar refractivity (Wildman–Crippen MR) is 56.1 cm³/mol. The summed E-state index contributed by atoms with van der Waals surface area (Å²) in [6, 6.07) is 7.51. The molecule has 82 valence electrons. The minimum Gasteiger partial charge on any atom is -0.497 e. The van der Waals surface area contributed by atoms with E-state index in [1.54, 1.807) is 7.11 Å². The number of benzene rings is 1. The highest BCUT2D eigenvalue weighted by Gasteiger charge is 1.97. The van der Waals surface area contributed by atoms with Crippen molar-refractivity contribution in [2.24, 2.45) is 10.9 Å². The summed E-state index contributed by atoms with van der Waals surface area (Å²) < 4.78 is 10.3. The third-order valence-corrected chi connectivity index (χ3v) is 1.78. The highest BCUT2D eigenvalue weighted by Crippen LogP contribution is 2.12. The Labute approximate surface area is 88.1 Å². The fourth-order valence-corrected chi connectivity index (χ4v) is 1.06. The molecule has 0 aliphatic carbocycles. The fraction of sp³-hybridized carbons (Fsp3) is 0.300. The van der Waals surface area contributed by atoms with Crippen molar-refractivity contribution in [1.82, 2.24) is 0 Å². The Hall–Kier alpha value is -1.75. The average molecular weight is 210 g/mol. The van der Waals surface area contributed by atoms with E-state index in [4.69, 9.17) is 20.4 Å². The molecule has 1 aromatic rings. The van der Waals surface area contributed by atoms with Gasteiger partial charge in [0.05, 0.1) is 13.7 Å².